The van der Waals surface area contributed by atoms with Crippen molar-refractivity contribution in [1.82, 2.24) is 0 Å². The van der Waals surface area contributed by atoms with Gasteiger partial charge in [0.15, 0.2) is 6.29 Å². The monoisotopic (exact) mass is 572 g/mol. The van der Waals surface area contributed by atoms with Crippen LogP contribution in [0.5, 0.6) is 5.75 Å². The Hall–Kier alpha value is -1.90. The minimum absolute atomic E-state index is 0.0567. The average Bonchev–Trinajstić information content (AvgIpc) is 2.92. The van der Waals surface area contributed by atoms with Crippen molar-refractivity contribution in [2.45, 2.75) is 70.7 Å². The van der Waals surface area contributed by atoms with E-state index in [9.17, 15) is 13.2 Å². The molecule has 39 heavy (non-hydrogen) atoms. The van der Waals surface area contributed by atoms with Crippen LogP contribution < -0.4 is 4.74 Å². The molecular formula is C30H34ClF5O3. The van der Waals surface area contributed by atoms with Crippen LogP contribution in [-0.4, -0.2) is 25.6 Å². The molecule has 2 aromatic rings. The predicted octanol–water partition coefficient (Wildman–Crippen LogP) is 9.02. The van der Waals surface area contributed by atoms with E-state index in [0.29, 0.717) is 37.9 Å². The van der Waals surface area contributed by atoms with Crippen molar-refractivity contribution in [3.8, 4) is 16.9 Å². The van der Waals surface area contributed by atoms with E-state index in [-0.39, 0.29) is 41.9 Å². The van der Waals surface area contributed by atoms with Gasteiger partial charge >= 0.3 is 6.11 Å². The molecule has 3 nitrogen and oxygen atoms in total. The summed E-state index contributed by atoms with van der Waals surface area (Å²) >= 11 is 5.48. The van der Waals surface area contributed by atoms with E-state index in [1.807, 2.05) is 0 Å². The summed E-state index contributed by atoms with van der Waals surface area (Å²) in [6.07, 6.45) is 2.60. The largest absolute Gasteiger partial charge is 0.432 e. The van der Waals surface area contributed by atoms with E-state index in [4.69, 9.17) is 25.8 Å². The smallest absolute Gasteiger partial charge is 0.400 e. The van der Waals surface area contributed by atoms with Gasteiger partial charge in [-0.05, 0) is 80.2 Å². The van der Waals surface area contributed by atoms with E-state index in [0.717, 1.165) is 36.2 Å². The van der Waals surface area contributed by atoms with Crippen LogP contribution in [0.2, 0.25) is 5.02 Å². The molecule has 214 valence electrons. The van der Waals surface area contributed by atoms with Crippen LogP contribution in [0.25, 0.3) is 11.1 Å². The third-order valence-electron chi connectivity index (χ3n) is 8.80. The highest BCUT2D eigenvalue weighted by Gasteiger charge is 2.46. The van der Waals surface area contributed by atoms with Gasteiger partial charge in [0.2, 0.25) is 0 Å². The highest BCUT2D eigenvalue weighted by Crippen LogP contribution is 2.43. The molecule has 3 aliphatic rings. The van der Waals surface area contributed by atoms with Crippen molar-refractivity contribution in [3.63, 3.8) is 0 Å². The fourth-order valence-electron chi connectivity index (χ4n) is 6.31. The lowest BCUT2D eigenvalue weighted by Crippen LogP contribution is -2.43. The molecule has 2 aromatic carbocycles. The van der Waals surface area contributed by atoms with Gasteiger partial charge in [0.1, 0.15) is 28.2 Å². The second kappa shape index (κ2) is 11.9. The Bertz CT molecular complexity index is 1110. The fraction of sp³-hybridized carbons (Fsp3) is 0.600. The zero-order valence-corrected chi connectivity index (χ0v) is 22.7. The maximum Gasteiger partial charge on any atom is 0.400 e. The quantitative estimate of drug-likeness (QED) is 0.255. The lowest BCUT2D eigenvalue weighted by molar-refractivity contribution is -0.251. The first-order valence-electron chi connectivity index (χ1n) is 13.8. The molecular weight excluding hydrogens is 539 g/mol. The van der Waals surface area contributed by atoms with Gasteiger partial charge in [0.25, 0.3) is 0 Å². The molecule has 0 atom stereocenters. The summed E-state index contributed by atoms with van der Waals surface area (Å²) in [5.41, 5.74) is -0.260. The third-order valence-corrected chi connectivity index (χ3v) is 9.16. The molecule has 1 saturated heterocycles. The molecule has 3 fully saturated rings. The number of alkyl halides is 2. The Labute approximate surface area is 231 Å². The second-order valence-electron chi connectivity index (χ2n) is 11.5. The zero-order valence-electron chi connectivity index (χ0n) is 21.9. The molecule has 0 aromatic heterocycles. The van der Waals surface area contributed by atoms with Gasteiger partial charge < -0.3 is 14.2 Å². The van der Waals surface area contributed by atoms with Crippen molar-refractivity contribution in [1.29, 1.82) is 0 Å². The van der Waals surface area contributed by atoms with Crippen LogP contribution in [0.15, 0.2) is 30.3 Å². The highest BCUT2D eigenvalue weighted by atomic mass is 35.5. The van der Waals surface area contributed by atoms with Crippen molar-refractivity contribution < 1.29 is 36.2 Å². The predicted molar refractivity (Wildman–Crippen MR) is 138 cm³/mol. The molecule has 0 amide bonds. The maximum atomic E-state index is 15.0. The standard InChI is InChI=1S/C30H34ClF5O3/c1-17-2-4-18(5-3-17)21-15-37-29(38-16-21)19-6-8-22(9-7-19)30(35,36)39-23-10-11-24(25(32)14-23)20-12-26(33)28(31)27(34)13-20/h10-14,17-19,21-22,29H,2-9,15-16H2,1H3. The number of hydrogen-bond donors (Lipinski definition) is 0. The van der Waals surface area contributed by atoms with Gasteiger partial charge in [-0.25, -0.2) is 13.2 Å². The zero-order chi connectivity index (χ0) is 27.7. The summed E-state index contributed by atoms with van der Waals surface area (Å²) in [5, 5.41) is -0.701. The van der Waals surface area contributed by atoms with Crippen LogP contribution in [0.3, 0.4) is 0 Å². The Morgan fingerprint density at radius 2 is 1.36 bits per heavy atom. The Balaban J connectivity index is 1.13. The Morgan fingerprint density at radius 1 is 0.769 bits per heavy atom. The van der Waals surface area contributed by atoms with Crippen LogP contribution in [0.1, 0.15) is 58.3 Å². The average molecular weight is 573 g/mol. The van der Waals surface area contributed by atoms with Gasteiger partial charge in [-0.15, -0.1) is 0 Å². The minimum atomic E-state index is -3.51. The van der Waals surface area contributed by atoms with Crippen LogP contribution in [0.4, 0.5) is 22.0 Å². The topological polar surface area (TPSA) is 27.7 Å². The Kier molecular flexibility index (Phi) is 8.74. The first-order chi connectivity index (χ1) is 18.6. The van der Waals surface area contributed by atoms with Gasteiger partial charge in [0.05, 0.1) is 19.1 Å². The van der Waals surface area contributed by atoms with Crippen molar-refractivity contribution >= 4 is 11.6 Å². The van der Waals surface area contributed by atoms with E-state index in [1.165, 1.54) is 25.7 Å². The van der Waals surface area contributed by atoms with Crippen molar-refractivity contribution in [2.24, 2.45) is 29.6 Å². The first kappa shape index (κ1) is 28.6. The number of hydrogen-bond acceptors (Lipinski definition) is 3. The second-order valence-corrected chi connectivity index (χ2v) is 11.9. The normalized spacial score (nSPS) is 30.2. The molecule has 0 radical (unpaired) electrons. The lowest BCUT2D eigenvalue weighted by Gasteiger charge is -2.41. The summed E-state index contributed by atoms with van der Waals surface area (Å²) in [6, 6.07) is 4.88. The molecule has 5 rings (SSSR count). The first-order valence-corrected chi connectivity index (χ1v) is 14.2. The SMILES string of the molecule is CC1CCC(C2COC(C3CCC(C(F)(F)Oc4ccc(-c5cc(F)c(Cl)c(F)c5)c(F)c4)CC3)OC2)CC1. The van der Waals surface area contributed by atoms with E-state index in [1.54, 1.807) is 0 Å². The molecule has 9 heteroatoms. The fourth-order valence-corrected chi connectivity index (χ4v) is 6.42. The highest BCUT2D eigenvalue weighted by molar-refractivity contribution is 6.31. The molecule has 2 saturated carbocycles. The van der Waals surface area contributed by atoms with Crippen LogP contribution in [-0.2, 0) is 9.47 Å². The van der Waals surface area contributed by atoms with Crippen LogP contribution in [0, 0.1) is 47.0 Å². The molecule has 2 aliphatic carbocycles. The van der Waals surface area contributed by atoms with Gasteiger partial charge in [-0.3, -0.25) is 0 Å². The van der Waals surface area contributed by atoms with Crippen molar-refractivity contribution in [2.75, 3.05) is 13.2 Å². The molecule has 1 aliphatic heterocycles. The minimum Gasteiger partial charge on any atom is -0.432 e. The summed E-state index contributed by atoms with van der Waals surface area (Å²) in [7, 11) is 0. The molecule has 0 unspecified atom stereocenters. The number of ether oxygens (including phenoxy) is 3. The third kappa shape index (κ3) is 6.54. The number of rotatable bonds is 6. The number of halogens is 6. The van der Waals surface area contributed by atoms with Gasteiger partial charge in [0, 0.05) is 23.5 Å². The van der Waals surface area contributed by atoms with Gasteiger partial charge in [-0.1, -0.05) is 31.4 Å². The molecule has 0 N–H and O–H groups in total. The van der Waals surface area contributed by atoms with Crippen molar-refractivity contribution in [3.05, 3.63) is 52.8 Å². The van der Waals surface area contributed by atoms with E-state index >= 15 is 8.78 Å². The Morgan fingerprint density at radius 3 is 1.95 bits per heavy atom. The summed E-state index contributed by atoms with van der Waals surface area (Å²) in [5.74, 6) is -2.53. The van der Waals surface area contributed by atoms with E-state index in [2.05, 4.69) is 6.92 Å². The van der Waals surface area contributed by atoms with Gasteiger partial charge in [-0.2, -0.15) is 8.78 Å². The summed E-state index contributed by atoms with van der Waals surface area (Å²) in [4.78, 5) is 0. The van der Waals surface area contributed by atoms with E-state index < -0.39 is 34.5 Å². The maximum absolute atomic E-state index is 15.0. The van der Waals surface area contributed by atoms with Crippen LogP contribution >= 0.6 is 11.6 Å². The summed E-state index contributed by atoms with van der Waals surface area (Å²) in [6.45, 7) is 3.63. The summed E-state index contributed by atoms with van der Waals surface area (Å²) < 4.78 is 89.4. The molecule has 1 heterocycles. The molecule has 0 bridgehead atoms. The molecule has 0 spiro atoms. The lowest BCUT2D eigenvalue weighted by atomic mass is 9.76. The number of benzene rings is 2.